The Morgan fingerprint density at radius 3 is 2.68 bits per heavy atom. The van der Waals surface area contributed by atoms with E-state index in [0.717, 1.165) is 41.2 Å². The highest BCUT2D eigenvalue weighted by atomic mass is 35.5. The molecule has 1 aliphatic heterocycles. The molecule has 3 aromatic rings. The molecule has 0 N–H and O–H groups in total. The first-order valence-corrected chi connectivity index (χ1v) is 8.85. The minimum Gasteiger partial charge on any atom is -0.320 e. The van der Waals surface area contributed by atoms with Gasteiger partial charge in [-0.25, -0.2) is 4.39 Å². The van der Waals surface area contributed by atoms with Crippen LogP contribution in [0.5, 0.6) is 0 Å². The summed E-state index contributed by atoms with van der Waals surface area (Å²) in [7, 11) is 2.15. The molecule has 0 radical (unpaired) electrons. The van der Waals surface area contributed by atoms with Crippen molar-refractivity contribution in [3.63, 3.8) is 0 Å². The smallest absolute Gasteiger partial charge is 0.123 e. The van der Waals surface area contributed by atoms with Crippen molar-refractivity contribution in [2.24, 2.45) is 0 Å². The molecule has 0 atom stereocenters. The normalized spacial score (nSPS) is 15.6. The second kappa shape index (κ2) is 6.32. The van der Waals surface area contributed by atoms with Gasteiger partial charge in [-0.3, -0.25) is 0 Å². The summed E-state index contributed by atoms with van der Waals surface area (Å²) < 4.78 is 15.5. The number of likely N-dealkylation sites (N-methyl/N-ethyl adjacent to an activating group) is 1. The lowest BCUT2D eigenvalue weighted by Gasteiger charge is -2.23. The Hall–Kier alpha value is -2.10. The van der Waals surface area contributed by atoms with Gasteiger partial charge in [0.1, 0.15) is 5.82 Å². The summed E-state index contributed by atoms with van der Waals surface area (Å²) in [5, 5.41) is 2.00. The number of allylic oxidation sites excluding steroid dienone is 1. The van der Waals surface area contributed by atoms with E-state index in [1.807, 2.05) is 24.3 Å². The maximum Gasteiger partial charge on any atom is 0.123 e. The van der Waals surface area contributed by atoms with Crippen LogP contribution in [-0.4, -0.2) is 23.1 Å². The van der Waals surface area contributed by atoms with E-state index in [4.69, 9.17) is 11.6 Å². The highest BCUT2D eigenvalue weighted by Crippen LogP contribution is 2.33. The van der Waals surface area contributed by atoms with E-state index in [1.165, 1.54) is 28.8 Å². The topological polar surface area (TPSA) is 8.17 Å². The van der Waals surface area contributed by atoms with E-state index in [9.17, 15) is 4.39 Å². The standard InChI is InChI=1S/C21H20ClFN2/c1-14(15-3-6-17(23)7-4-15)12-25-20-9-10-24(2)13-19(20)18-8-5-16(22)11-21(18)25/h3-8,11-12H,9-10,13H2,1-2H3. The second-order valence-corrected chi connectivity index (χ2v) is 7.20. The third-order valence-corrected chi connectivity index (χ3v) is 5.20. The average Bonchev–Trinajstić information content (AvgIpc) is 2.88. The molecule has 0 bridgehead atoms. The molecule has 1 aliphatic rings. The maximum atomic E-state index is 13.2. The van der Waals surface area contributed by atoms with E-state index < -0.39 is 0 Å². The summed E-state index contributed by atoms with van der Waals surface area (Å²) in [5.74, 6) is -0.213. The Morgan fingerprint density at radius 1 is 1.16 bits per heavy atom. The van der Waals surface area contributed by atoms with Crippen molar-refractivity contribution in [1.29, 1.82) is 0 Å². The van der Waals surface area contributed by atoms with Crippen LogP contribution in [0.2, 0.25) is 5.02 Å². The van der Waals surface area contributed by atoms with Crippen molar-refractivity contribution < 1.29 is 4.39 Å². The molecule has 2 nitrogen and oxygen atoms in total. The van der Waals surface area contributed by atoms with Gasteiger partial charge in [-0.1, -0.05) is 29.8 Å². The van der Waals surface area contributed by atoms with Crippen LogP contribution in [0.15, 0.2) is 42.5 Å². The SMILES string of the molecule is CC(=Cn1c2c(c3ccc(Cl)cc31)CN(C)CC2)c1ccc(F)cc1. The molecule has 4 heteroatoms. The third kappa shape index (κ3) is 2.99. The molecule has 0 spiro atoms. The fourth-order valence-corrected chi connectivity index (χ4v) is 3.79. The molecule has 0 amide bonds. The summed E-state index contributed by atoms with van der Waals surface area (Å²) in [6.45, 7) is 4.05. The summed E-state index contributed by atoms with van der Waals surface area (Å²) in [6, 6.07) is 12.8. The van der Waals surface area contributed by atoms with Crippen LogP contribution in [0.4, 0.5) is 4.39 Å². The fraction of sp³-hybridized carbons (Fsp3) is 0.238. The zero-order valence-electron chi connectivity index (χ0n) is 14.4. The summed E-state index contributed by atoms with van der Waals surface area (Å²) >= 11 is 6.27. The van der Waals surface area contributed by atoms with Gasteiger partial charge in [0.05, 0.1) is 5.52 Å². The number of rotatable bonds is 2. The zero-order chi connectivity index (χ0) is 17.6. The maximum absolute atomic E-state index is 13.2. The molecule has 0 aliphatic carbocycles. The van der Waals surface area contributed by atoms with Gasteiger partial charge in [0.25, 0.3) is 0 Å². The number of hydrogen-bond donors (Lipinski definition) is 0. The van der Waals surface area contributed by atoms with Crippen LogP contribution < -0.4 is 0 Å². The first-order chi connectivity index (χ1) is 12.0. The van der Waals surface area contributed by atoms with Crippen molar-refractivity contribution in [2.75, 3.05) is 13.6 Å². The van der Waals surface area contributed by atoms with Gasteiger partial charge in [-0.15, -0.1) is 0 Å². The Bertz CT molecular complexity index is 970. The van der Waals surface area contributed by atoms with Crippen LogP contribution in [0.3, 0.4) is 0 Å². The number of halogens is 2. The highest BCUT2D eigenvalue weighted by Gasteiger charge is 2.21. The van der Waals surface area contributed by atoms with Crippen LogP contribution >= 0.6 is 11.6 Å². The number of fused-ring (bicyclic) bond motifs is 3. The largest absolute Gasteiger partial charge is 0.320 e. The van der Waals surface area contributed by atoms with E-state index >= 15 is 0 Å². The lowest BCUT2D eigenvalue weighted by Crippen LogP contribution is -2.26. The molecular weight excluding hydrogens is 335 g/mol. The molecule has 0 unspecified atom stereocenters. The van der Waals surface area contributed by atoms with Crippen molar-refractivity contribution in [1.82, 2.24) is 9.47 Å². The minimum atomic E-state index is -0.213. The first-order valence-electron chi connectivity index (χ1n) is 8.47. The average molecular weight is 355 g/mol. The molecule has 0 fully saturated rings. The Morgan fingerprint density at radius 2 is 1.92 bits per heavy atom. The van der Waals surface area contributed by atoms with Crippen molar-refractivity contribution in [2.45, 2.75) is 19.9 Å². The van der Waals surface area contributed by atoms with Crippen LogP contribution in [0.25, 0.3) is 22.7 Å². The number of benzene rings is 2. The molecule has 25 heavy (non-hydrogen) atoms. The molecule has 0 saturated carbocycles. The molecule has 128 valence electrons. The zero-order valence-corrected chi connectivity index (χ0v) is 15.1. The van der Waals surface area contributed by atoms with Crippen molar-refractivity contribution in [3.8, 4) is 0 Å². The summed E-state index contributed by atoms with van der Waals surface area (Å²) in [6.07, 6.45) is 3.15. The summed E-state index contributed by atoms with van der Waals surface area (Å²) in [4.78, 5) is 2.34. The van der Waals surface area contributed by atoms with Crippen LogP contribution in [-0.2, 0) is 13.0 Å². The fourth-order valence-electron chi connectivity index (χ4n) is 3.63. The number of nitrogens with zero attached hydrogens (tertiary/aromatic N) is 2. The lowest BCUT2D eigenvalue weighted by molar-refractivity contribution is 0.312. The van der Waals surface area contributed by atoms with Gasteiger partial charge in [-0.05, 0) is 54.9 Å². The second-order valence-electron chi connectivity index (χ2n) is 6.76. The number of hydrogen-bond acceptors (Lipinski definition) is 1. The van der Waals surface area contributed by atoms with Crippen molar-refractivity contribution in [3.05, 3.63) is 70.1 Å². The third-order valence-electron chi connectivity index (χ3n) is 4.96. The van der Waals surface area contributed by atoms with Gasteiger partial charge in [0.15, 0.2) is 0 Å². The van der Waals surface area contributed by atoms with Gasteiger partial charge < -0.3 is 9.47 Å². The predicted octanol–water partition coefficient (Wildman–Crippen LogP) is 5.44. The number of aromatic nitrogens is 1. The molecular formula is C21H20ClFN2. The van der Waals surface area contributed by atoms with Gasteiger partial charge in [-0.2, -0.15) is 0 Å². The van der Waals surface area contributed by atoms with Gasteiger partial charge >= 0.3 is 0 Å². The molecule has 4 rings (SSSR count). The van der Waals surface area contributed by atoms with E-state index in [1.54, 1.807) is 0 Å². The Kier molecular flexibility index (Phi) is 4.14. The predicted molar refractivity (Wildman–Crippen MR) is 103 cm³/mol. The molecule has 0 saturated heterocycles. The van der Waals surface area contributed by atoms with Crippen LogP contribution in [0.1, 0.15) is 23.7 Å². The summed E-state index contributed by atoms with van der Waals surface area (Å²) in [5.41, 5.74) is 5.97. The van der Waals surface area contributed by atoms with E-state index in [0.29, 0.717) is 0 Å². The molecule has 1 aromatic heterocycles. The Balaban J connectivity index is 1.90. The van der Waals surface area contributed by atoms with Gasteiger partial charge in [0.2, 0.25) is 0 Å². The molecule has 2 heterocycles. The van der Waals surface area contributed by atoms with Gasteiger partial charge in [0, 0.05) is 41.8 Å². The monoisotopic (exact) mass is 354 g/mol. The minimum absolute atomic E-state index is 0.213. The first kappa shape index (κ1) is 16.4. The van der Waals surface area contributed by atoms with Crippen LogP contribution in [0, 0.1) is 5.82 Å². The van der Waals surface area contributed by atoms with E-state index in [-0.39, 0.29) is 5.82 Å². The van der Waals surface area contributed by atoms with Crippen molar-refractivity contribution >= 4 is 34.3 Å². The highest BCUT2D eigenvalue weighted by molar-refractivity contribution is 6.31. The molecule has 2 aromatic carbocycles. The van der Waals surface area contributed by atoms with E-state index in [2.05, 4.69) is 35.7 Å². The lowest BCUT2D eigenvalue weighted by atomic mass is 10.1. The quantitative estimate of drug-likeness (QED) is 0.595. The Labute approximate surface area is 152 Å².